The summed E-state index contributed by atoms with van der Waals surface area (Å²) in [5.41, 5.74) is -0.542. The molecule has 176 valence electrons. The van der Waals surface area contributed by atoms with Crippen LogP contribution in [0.1, 0.15) is 46.2 Å². The summed E-state index contributed by atoms with van der Waals surface area (Å²) in [5.74, 6) is -1.36. The Hall–Kier alpha value is -2.84. The van der Waals surface area contributed by atoms with Crippen LogP contribution in [0.15, 0.2) is 41.2 Å². The van der Waals surface area contributed by atoms with Gasteiger partial charge in [0.25, 0.3) is 17.4 Å². The van der Waals surface area contributed by atoms with Crippen LogP contribution in [0.3, 0.4) is 0 Å². The van der Waals surface area contributed by atoms with Crippen LogP contribution in [-0.4, -0.2) is 41.4 Å². The number of esters is 1. The maximum absolute atomic E-state index is 13.0. The molecule has 1 aromatic heterocycles. The first-order valence-corrected chi connectivity index (χ1v) is 11.5. The van der Waals surface area contributed by atoms with Crippen molar-refractivity contribution in [1.82, 2.24) is 15.2 Å². The summed E-state index contributed by atoms with van der Waals surface area (Å²) in [6, 6.07) is 9.67. The van der Waals surface area contributed by atoms with E-state index in [2.05, 4.69) is 10.6 Å². The zero-order chi connectivity index (χ0) is 24.0. The largest absolute Gasteiger partial charge is 0.466 e. The lowest BCUT2D eigenvalue weighted by molar-refractivity contribution is -0.149. The van der Waals surface area contributed by atoms with E-state index in [0.717, 1.165) is 5.56 Å². The number of ether oxygens (including phenoxy) is 1. The van der Waals surface area contributed by atoms with Gasteiger partial charge in [-0.15, -0.1) is 11.6 Å². The van der Waals surface area contributed by atoms with Gasteiger partial charge in [0.2, 0.25) is 0 Å². The van der Waals surface area contributed by atoms with Crippen LogP contribution in [0.2, 0.25) is 5.02 Å². The number of hydrogen-bond donors (Lipinski definition) is 2. The van der Waals surface area contributed by atoms with Crippen LogP contribution in [0.5, 0.6) is 0 Å². The molecule has 2 N–H and O–H groups in total. The number of rotatable bonds is 10. The quantitative estimate of drug-likeness (QED) is 0.390. The molecule has 1 aromatic carbocycles. The second kappa shape index (κ2) is 10.9. The lowest BCUT2D eigenvalue weighted by Gasteiger charge is -2.17. The van der Waals surface area contributed by atoms with Crippen molar-refractivity contribution >= 4 is 41.0 Å². The number of benzene rings is 1. The molecule has 2 aromatic rings. The van der Waals surface area contributed by atoms with Gasteiger partial charge in [0.05, 0.1) is 12.0 Å². The van der Waals surface area contributed by atoms with E-state index in [-0.39, 0.29) is 49.3 Å². The Balaban J connectivity index is 1.73. The second-order valence-electron chi connectivity index (χ2n) is 7.77. The van der Waals surface area contributed by atoms with Crippen LogP contribution < -0.4 is 16.2 Å². The minimum atomic E-state index is -0.704. The molecule has 0 aliphatic heterocycles. The number of aromatic nitrogens is 1. The number of halogens is 2. The highest BCUT2D eigenvalue weighted by atomic mass is 35.5. The SMILES string of the molecule is CCOC(=O)C1(CNC(=O)c2ccc(C(=O)NCc3ccc(Cl)cc3)c(=O)n2CCCl)CC1. The number of nitrogens with zero attached hydrogens (tertiary/aromatic N) is 1. The molecule has 0 radical (unpaired) electrons. The third-order valence-electron chi connectivity index (χ3n) is 5.48. The summed E-state index contributed by atoms with van der Waals surface area (Å²) in [7, 11) is 0. The van der Waals surface area contributed by atoms with Crippen LogP contribution >= 0.6 is 23.2 Å². The molecule has 33 heavy (non-hydrogen) atoms. The number of carbonyl (C=O) groups is 3. The molecule has 0 atom stereocenters. The zero-order valence-electron chi connectivity index (χ0n) is 18.2. The van der Waals surface area contributed by atoms with Crippen LogP contribution in [0.4, 0.5) is 0 Å². The molecule has 0 bridgehead atoms. The molecule has 1 heterocycles. The van der Waals surface area contributed by atoms with E-state index >= 15 is 0 Å². The summed E-state index contributed by atoms with van der Waals surface area (Å²) in [4.78, 5) is 50.5. The highest BCUT2D eigenvalue weighted by Gasteiger charge is 2.51. The van der Waals surface area contributed by atoms with Gasteiger partial charge in [-0.25, -0.2) is 0 Å². The van der Waals surface area contributed by atoms with Gasteiger partial charge in [0, 0.05) is 30.5 Å². The van der Waals surface area contributed by atoms with Crippen molar-refractivity contribution in [2.24, 2.45) is 5.41 Å². The molecule has 0 saturated heterocycles. The Bertz CT molecular complexity index is 1090. The maximum atomic E-state index is 13.0. The predicted molar refractivity (Wildman–Crippen MR) is 125 cm³/mol. The van der Waals surface area contributed by atoms with Gasteiger partial charge in [0.15, 0.2) is 0 Å². The fraction of sp³-hybridized carbons (Fsp3) is 0.391. The molecule has 8 nitrogen and oxygen atoms in total. The number of pyridine rings is 1. The minimum Gasteiger partial charge on any atom is -0.466 e. The van der Waals surface area contributed by atoms with E-state index in [1.807, 2.05) is 0 Å². The van der Waals surface area contributed by atoms with E-state index in [1.54, 1.807) is 31.2 Å². The third kappa shape index (κ3) is 5.94. The monoisotopic (exact) mass is 493 g/mol. The second-order valence-corrected chi connectivity index (χ2v) is 8.59. The smallest absolute Gasteiger partial charge is 0.313 e. The molecule has 2 amide bonds. The normalized spacial score (nSPS) is 13.8. The third-order valence-corrected chi connectivity index (χ3v) is 5.90. The fourth-order valence-electron chi connectivity index (χ4n) is 3.36. The zero-order valence-corrected chi connectivity index (χ0v) is 19.7. The Morgan fingerprint density at radius 2 is 1.76 bits per heavy atom. The number of alkyl halides is 1. The molecule has 0 unspecified atom stereocenters. The average molecular weight is 494 g/mol. The first-order valence-electron chi connectivity index (χ1n) is 10.6. The highest BCUT2D eigenvalue weighted by Crippen LogP contribution is 2.46. The molecule has 1 saturated carbocycles. The van der Waals surface area contributed by atoms with E-state index in [9.17, 15) is 19.2 Å². The van der Waals surface area contributed by atoms with Gasteiger partial charge in [0.1, 0.15) is 11.3 Å². The van der Waals surface area contributed by atoms with E-state index < -0.39 is 22.8 Å². The number of hydrogen-bond acceptors (Lipinski definition) is 5. The standard InChI is InChI=1S/C23H25Cl2N3O5/c1-2-33-22(32)23(9-10-23)14-27-20(30)18-8-7-17(21(31)28(18)12-11-24)19(29)26-13-15-3-5-16(25)6-4-15/h3-8H,2,9-14H2,1H3,(H,26,29)(H,27,30). The Kier molecular flexibility index (Phi) is 8.15. The molecule has 1 fully saturated rings. The highest BCUT2D eigenvalue weighted by molar-refractivity contribution is 6.30. The first-order chi connectivity index (χ1) is 15.8. The summed E-state index contributed by atoms with van der Waals surface area (Å²) in [6.07, 6.45) is 1.26. The minimum absolute atomic E-state index is 0.0461. The summed E-state index contributed by atoms with van der Waals surface area (Å²) >= 11 is 11.7. The van der Waals surface area contributed by atoms with Crippen molar-refractivity contribution in [3.8, 4) is 0 Å². The van der Waals surface area contributed by atoms with Crippen molar-refractivity contribution in [1.29, 1.82) is 0 Å². The van der Waals surface area contributed by atoms with Crippen molar-refractivity contribution in [2.45, 2.75) is 32.9 Å². The lowest BCUT2D eigenvalue weighted by atomic mass is 10.1. The van der Waals surface area contributed by atoms with Gasteiger partial charge < -0.3 is 19.9 Å². The molecule has 1 aliphatic rings. The molecule has 1 aliphatic carbocycles. The Labute approximate surface area is 201 Å². The van der Waals surface area contributed by atoms with Gasteiger partial charge in [-0.05, 0) is 49.6 Å². The lowest BCUT2D eigenvalue weighted by Crippen LogP contribution is -2.40. The topological polar surface area (TPSA) is 106 Å². The average Bonchev–Trinajstić information content (AvgIpc) is 3.60. The molecule has 3 rings (SSSR count). The Morgan fingerprint density at radius 1 is 1.06 bits per heavy atom. The molecular formula is C23H25Cl2N3O5. The van der Waals surface area contributed by atoms with Crippen molar-refractivity contribution in [2.75, 3.05) is 19.0 Å². The van der Waals surface area contributed by atoms with Crippen molar-refractivity contribution in [3.05, 3.63) is 68.6 Å². The molecule has 0 spiro atoms. The molecular weight excluding hydrogens is 469 g/mol. The number of nitrogens with one attached hydrogen (secondary N) is 2. The summed E-state index contributed by atoms with van der Waals surface area (Å²) in [6.45, 7) is 2.37. The predicted octanol–water partition coefficient (Wildman–Crippen LogP) is 2.74. The van der Waals surface area contributed by atoms with Crippen LogP contribution in [-0.2, 0) is 22.6 Å². The van der Waals surface area contributed by atoms with Gasteiger partial charge in [-0.2, -0.15) is 0 Å². The fourth-order valence-corrected chi connectivity index (χ4v) is 3.66. The van der Waals surface area contributed by atoms with E-state index in [4.69, 9.17) is 27.9 Å². The van der Waals surface area contributed by atoms with Gasteiger partial charge >= 0.3 is 5.97 Å². The van der Waals surface area contributed by atoms with Crippen molar-refractivity contribution in [3.63, 3.8) is 0 Å². The van der Waals surface area contributed by atoms with Crippen LogP contribution in [0.25, 0.3) is 0 Å². The maximum Gasteiger partial charge on any atom is 0.313 e. The first kappa shape index (κ1) is 24.8. The van der Waals surface area contributed by atoms with E-state index in [1.165, 1.54) is 16.7 Å². The molecule has 10 heteroatoms. The number of amides is 2. The van der Waals surface area contributed by atoms with Gasteiger partial charge in [-0.1, -0.05) is 23.7 Å². The summed E-state index contributed by atoms with van der Waals surface area (Å²) < 4.78 is 6.25. The van der Waals surface area contributed by atoms with Crippen LogP contribution in [0, 0.1) is 5.41 Å². The number of carbonyl (C=O) groups excluding carboxylic acids is 3. The summed E-state index contributed by atoms with van der Waals surface area (Å²) in [5, 5.41) is 5.99. The van der Waals surface area contributed by atoms with Crippen molar-refractivity contribution < 1.29 is 19.1 Å². The Morgan fingerprint density at radius 3 is 2.36 bits per heavy atom. The van der Waals surface area contributed by atoms with Gasteiger partial charge in [-0.3, -0.25) is 19.2 Å². The van der Waals surface area contributed by atoms with E-state index in [0.29, 0.717) is 17.9 Å².